The minimum Gasteiger partial charge on any atom is -0.351 e. The number of hydrogen-bond acceptors (Lipinski definition) is 4. The van der Waals surface area contributed by atoms with E-state index in [1.54, 1.807) is 0 Å². The third kappa shape index (κ3) is 2.50. The van der Waals surface area contributed by atoms with Crippen molar-refractivity contribution >= 4 is 17.3 Å². The fourth-order valence-electron chi connectivity index (χ4n) is 1.60. The summed E-state index contributed by atoms with van der Waals surface area (Å²) < 4.78 is 0. The van der Waals surface area contributed by atoms with E-state index in [0.29, 0.717) is 0 Å². The van der Waals surface area contributed by atoms with Gasteiger partial charge < -0.3 is 10.2 Å². The van der Waals surface area contributed by atoms with Gasteiger partial charge in [-0.05, 0) is 18.6 Å². The molecule has 0 unspecified atom stereocenters. The molecule has 0 aliphatic carbocycles. The topological polar surface area (TPSA) is 27.6 Å². The molecule has 2 heterocycles. The number of nitrogens with one attached hydrogen (secondary N) is 1. The molecular formula is C11H17N3S. The number of aryl methyl sites for hydroxylation is 1. The van der Waals surface area contributed by atoms with Crippen molar-refractivity contribution in [1.82, 2.24) is 10.2 Å². The first kappa shape index (κ1) is 10.5. The van der Waals surface area contributed by atoms with E-state index in [9.17, 15) is 0 Å². The number of nitrogens with zero attached hydrogens (tertiary/aromatic N) is 2. The Hall–Kier alpha value is -1.03. The third-order valence-corrected chi connectivity index (χ3v) is 3.77. The molecule has 0 atom stereocenters. The Kier molecular flexibility index (Phi) is 3.26. The van der Waals surface area contributed by atoms with Crippen LogP contribution in [-0.2, 0) is 13.0 Å². The van der Waals surface area contributed by atoms with E-state index in [2.05, 4.69) is 41.3 Å². The molecule has 1 aliphatic rings. The van der Waals surface area contributed by atoms with E-state index in [1.165, 1.54) is 9.75 Å². The van der Waals surface area contributed by atoms with Crippen molar-refractivity contribution in [2.24, 2.45) is 4.99 Å². The van der Waals surface area contributed by atoms with Crippen molar-refractivity contribution in [3.05, 3.63) is 21.9 Å². The number of guanidine groups is 1. The van der Waals surface area contributed by atoms with Gasteiger partial charge in [-0.15, -0.1) is 11.3 Å². The standard InChI is InChI=1S/C11H17N3S/c1-3-9-4-5-10(15-9)8-13-11-12-6-7-14(11)2/h4-5H,3,6-8H2,1-2H3,(H,12,13). The second-order valence-corrected chi connectivity index (χ2v) is 4.95. The number of thiophene rings is 1. The van der Waals surface area contributed by atoms with Gasteiger partial charge in [0.1, 0.15) is 0 Å². The van der Waals surface area contributed by atoms with Gasteiger partial charge in [0.25, 0.3) is 0 Å². The Bertz CT molecular complexity index is 356. The second kappa shape index (κ2) is 4.66. The number of likely N-dealkylation sites (N-methyl/N-ethyl adjacent to an activating group) is 1. The second-order valence-electron chi connectivity index (χ2n) is 3.70. The predicted octanol–water partition coefficient (Wildman–Crippen LogP) is 1.70. The highest BCUT2D eigenvalue weighted by atomic mass is 32.1. The minimum atomic E-state index is 0.897. The Morgan fingerprint density at radius 3 is 2.87 bits per heavy atom. The van der Waals surface area contributed by atoms with Gasteiger partial charge in [-0.3, -0.25) is 4.99 Å². The van der Waals surface area contributed by atoms with E-state index >= 15 is 0 Å². The molecule has 2 rings (SSSR count). The van der Waals surface area contributed by atoms with E-state index in [-0.39, 0.29) is 0 Å². The van der Waals surface area contributed by atoms with Crippen LogP contribution in [0.4, 0.5) is 0 Å². The zero-order chi connectivity index (χ0) is 10.7. The van der Waals surface area contributed by atoms with Crippen LogP contribution in [0.5, 0.6) is 0 Å². The molecule has 0 saturated heterocycles. The van der Waals surface area contributed by atoms with Crippen molar-refractivity contribution in [2.75, 3.05) is 20.1 Å². The van der Waals surface area contributed by atoms with Crippen LogP contribution in [0.25, 0.3) is 0 Å². The Balaban J connectivity index is 1.87. The minimum absolute atomic E-state index is 0.897. The third-order valence-electron chi connectivity index (χ3n) is 2.55. The molecule has 1 aliphatic heterocycles. The fourth-order valence-corrected chi connectivity index (χ4v) is 2.49. The summed E-state index contributed by atoms with van der Waals surface area (Å²) in [5.74, 6) is 1.03. The van der Waals surface area contributed by atoms with Gasteiger partial charge in [-0.25, -0.2) is 0 Å². The Labute approximate surface area is 94.8 Å². The summed E-state index contributed by atoms with van der Waals surface area (Å²) in [6, 6.07) is 4.41. The fraction of sp³-hybridized carbons (Fsp3) is 0.545. The van der Waals surface area contributed by atoms with E-state index in [4.69, 9.17) is 0 Å². The summed E-state index contributed by atoms with van der Waals surface area (Å²) >= 11 is 1.88. The molecule has 3 nitrogen and oxygen atoms in total. The molecule has 0 fully saturated rings. The van der Waals surface area contributed by atoms with Gasteiger partial charge in [-0.2, -0.15) is 0 Å². The van der Waals surface area contributed by atoms with Crippen molar-refractivity contribution < 1.29 is 0 Å². The lowest BCUT2D eigenvalue weighted by Gasteiger charge is -2.14. The van der Waals surface area contributed by atoms with Crippen LogP contribution in [0.15, 0.2) is 17.1 Å². The maximum atomic E-state index is 4.39. The molecule has 0 saturated carbocycles. The SMILES string of the molecule is CCc1ccc(CNC2=NCCN2C)s1. The largest absolute Gasteiger partial charge is 0.351 e. The monoisotopic (exact) mass is 223 g/mol. The average molecular weight is 223 g/mol. The Morgan fingerprint density at radius 1 is 1.47 bits per heavy atom. The number of aliphatic imine (C=N–C) groups is 1. The lowest BCUT2D eigenvalue weighted by molar-refractivity contribution is 0.534. The summed E-state index contributed by atoms with van der Waals surface area (Å²) in [5, 5.41) is 3.37. The van der Waals surface area contributed by atoms with E-state index < -0.39 is 0 Å². The highest BCUT2D eigenvalue weighted by Crippen LogP contribution is 2.16. The zero-order valence-corrected chi connectivity index (χ0v) is 10.1. The van der Waals surface area contributed by atoms with E-state index in [0.717, 1.165) is 32.0 Å². The first-order valence-corrected chi connectivity index (χ1v) is 6.18. The molecule has 1 aromatic heterocycles. The van der Waals surface area contributed by atoms with Gasteiger partial charge >= 0.3 is 0 Å². The summed E-state index contributed by atoms with van der Waals surface area (Å²) in [4.78, 5) is 9.39. The molecular weight excluding hydrogens is 206 g/mol. The quantitative estimate of drug-likeness (QED) is 0.844. The highest BCUT2D eigenvalue weighted by Gasteiger charge is 2.11. The van der Waals surface area contributed by atoms with Crippen LogP contribution < -0.4 is 5.32 Å². The number of hydrogen-bond donors (Lipinski definition) is 1. The van der Waals surface area contributed by atoms with Crippen molar-refractivity contribution in [1.29, 1.82) is 0 Å². The molecule has 0 bridgehead atoms. The average Bonchev–Trinajstić information content (AvgIpc) is 2.84. The Morgan fingerprint density at radius 2 is 2.27 bits per heavy atom. The van der Waals surface area contributed by atoms with Crippen LogP contribution in [0.3, 0.4) is 0 Å². The van der Waals surface area contributed by atoms with Gasteiger partial charge in [0, 0.05) is 23.3 Å². The lowest BCUT2D eigenvalue weighted by atomic mass is 10.4. The van der Waals surface area contributed by atoms with Crippen LogP contribution >= 0.6 is 11.3 Å². The van der Waals surface area contributed by atoms with Crippen molar-refractivity contribution in [2.45, 2.75) is 19.9 Å². The first-order chi connectivity index (χ1) is 7.29. The molecule has 4 heteroatoms. The van der Waals surface area contributed by atoms with Crippen molar-refractivity contribution in [3.63, 3.8) is 0 Å². The van der Waals surface area contributed by atoms with Crippen LogP contribution in [-0.4, -0.2) is 31.0 Å². The predicted molar refractivity (Wildman–Crippen MR) is 65.5 cm³/mol. The van der Waals surface area contributed by atoms with E-state index in [1.807, 2.05) is 11.3 Å². The molecule has 0 spiro atoms. The molecule has 1 aromatic rings. The van der Waals surface area contributed by atoms with Crippen LogP contribution in [0.2, 0.25) is 0 Å². The molecule has 82 valence electrons. The summed E-state index contributed by atoms with van der Waals surface area (Å²) in [6.07, 6.45) is 1.13. The van der Waals surface area contributed by atoms with Gasteiger partial charge in [0.15, 0.2) is 5.96 Å². The zero-order valence-electron chi connectivity index (χ0n) is 9.29. The van der Waals surface area contributed by atoms with Crippen molar-refractivity contribution in [3.8, 4) is 0 Å². The molecule has 1 N–H and O–H groups in total. The van der Waals surface area contributed by atoms with Crippen LogP contribution in [0.1, 0.15) is 16.7 Å². The van der Waals surface area contributed by atoms with Crippen LogP contribution in [0, 0.1) is 0 Å². The maximum Gasteiger partial charge on any atom is 0.194 e. The van der Waals surface area contributed by atoms with Gasteiger partial charge in [0.2, 0.25) is 0 Å². The normalized spacial score (nSPS) is 15.6. The van der Waals surface area contributed by atoms with Gasteiger partial charge in [-0.1, -0.05) is 6.92 Å². The highest BCUT2D eigenvalue weighted by molar-refractivity contribution is 7.11. The number of rotatable bonds is 3. The first-order valence-electron chi connectivity index (χ1n) is 5.36. The lowest BCUT2D eigenvalue weighted by Crippen LogP contribution is -2.34. The summed E-state index contributed by atoms with van der Waals surface area (Å²) in [6.45, 7) is 5.04. The maximum absolute atomic E-state index is 4.39. The smallest absolute Gasteiger partial charge is 0.194 e. The summed E-state index contributed by atoms with van der Waals surface area (Å²) in [5.41, 5.74) is 0. The molecule has 0 amide bonds. The molecule has 0 radical (unpaired) electrons. The summed E-state index contributed by atoms with van der Waals surface area (Å²) in [7, 11) is 2.07. The van der Waals surface area contributed by atoms with Gasteiger partial charge in [0.05, 0.1) is 13.1 Å². The molecule has 15 heavy (non-hydrogen) atoms. The molecule has 0 aromatic carbocycles.